The first kappa shape index (κ1) is 15.2. The van der Waals surface area contributed by atoms with Crippen molar-refractivity contribution in [2.45, 2.75) is 17.7 Å². The Kier molecular flexibility index (Phi) is 3.41. The van der Waals surface area contributed by atoms with Crippen LogP contribution in [0.5, 0.6) is 0 Å². The summed E-state index contributed by atoms with van der Waals surface area (Å²) in [6, 6.07) is 4.19. The number of hydrogen-bond donors (Lipinski definition) is 2. The van der Waals surface area contributed by atoms with E-state index < -0.39 is 32.4 Å². The quantitative estimate of drug-likeness (QED) is 0.727. The molecule has 0 amide bonds. The fraction of sp³-hybridized carbons (Fsp3) is 0.500. The molecule has 1 fully saturated rings. The Morgan fingerprint density at radius 3 is 2.82 bits per heavy atom. The normalized spacial score (nSPS) is 33.8. The number of benzene rings is 1. The van der Waals surface area contributed by atoms with Gasteiger partial charge in [-0.05, 0) is 25.1 Å². The van der Waals surface area contributed by atoms with E-state index in [4.69, 9.17) is 16.2 Å². The average Bonchev–Trinajstić information content (AvgIpc) is 2.88. The molecule has 6 nitrogen and oxygen atoms in total. The number of nitrogens with zero attached hydrogens (tertiary/aromatic N) is 1. The van der Waals surface area contributed by atoms with E-state index in [2.05, 4.69) is 4.99 Å². The van der Waals surface area contributed by atoms with Crippen LogP contribution in [-0.4, -0.2) is 38.5 Å². The molecule has 2 aliphatic heterocycles. The van der Waals surface area contributed by atoms with Crippen LogP contribution in [0.3, 0.4) is 0 Å². The van der Waals surface area contributed by atoms with Crippen molar-refractivity contribution in [1.82, 2.24) is 0 Å². The second-order valence-corrected chi connectivity index (χ2v) is 8.20. The summed E-state index contributed by atoms with van der Waals surface area (Å²) in [6.45, 7) is 1.95. The molecule has 22 heavy (non-hydrogen) atoms. The van der Waals surface area contributed by atoms with Crippen molar-refractivity contribution in [2.75, 3.05) is 24.7 Å². The van der Waals surface area contributed by atoms with Gasteiger partial charge in [0, 0.05) is 17.2 Å². The summed E-state index contributed by atoms with van der Waals surface area (Å²) in [5.74, 6) is -1.34. The van der Waals surface area contributed by atoms with Gasteiger partial charge in [-0.1, -0.05) is 0 Å². The highest BCUT2D eigenvalue weighted by molar-refractivity contribution is 7.92. The van der Waals surface area contributed by atoms with Crippen LogP contribution < -0.4 is 11.5 Å². The molecule has 120 valence electrons. The standard InChI is InChI=1S/C14H18FN3O3S/c1-14(9-4-8(16)2-3-11(9)15)10-5-21-6-12(10)22(19,20)7-13(17)18-14/h2-4,10,12H,5-7,16H2,1H3,(H2,17,18)/t10-,12-,14+/m0/s1. The molecule has 0 spiro atoms. The Morgan fingerprint density at radius 2 is 2.09 bits per heavy atom. The zero-order valence-electron chi connectivity index (χ0n) is 12.1. The van der Waals surface area contributed by atoms with Gasteiger partial charge in [-0.2, -0.15) is 0 Å². The molecular weight excluding hydrogens is 309 g/mol. The zero-order chi connectivity index (χ0) is 16.1. The minimum Gasteiger partial charge on any atom is -0.399 e. The van der Waals surface area contributed by atoms with Gasteiger partial charge >= 0.3 is 0 Å². The van der Waals surface area contributed by atoms with Crippen molar-refractivity contribution in [3.8, 4) is 0 Å². The first-order valence-electron chi connectivity index (χ1n) is 6.93. The lowest BCUT2D eigenvalue weighted by atomic mass is 9.79. The van der Waals surface area contributed by atoms with Gasteiger partial charge in [-0.25, -0.2) is 12.8 Å². The predicted octanol–water partition coefficient (Wildman–Crippen LogP) is 0.424. The number of aliphatic imine (C=N–C) groups is 1. The number of rotatable bonds is 1. The lowest BCUT2D eigenvalue weighted by Crippen LogP contribution is -2.40. The van der Waals surface area contributed by atoms with Crippen molar-refractivity contribution in [2.24, 2.45) is 16.6 Å². The van der Waals surface area contributed by atoms with Gasteiger partial charge in [0.2, 0.25) is 0 Å². The largest absolute Gasteiger partial charge is 0.399 e. The molecule has 0 aromatic heterocycles. The molecular formula is C14H18FN3O3S. The molecule has 1 aromatic rings. The van der Waals surface area contributed by atoms with Crippen LogP contribution in [0.2, 0.25) is 0 Å². The Hall–Kier alpha value is -1.67. The highest BCUT2D eigenvalue weighted by atomic mass is 32.2. The molecule has 4 N–H and O–H groups in total. The molecule has 1 saturated heterocycles. The summed E-state index contributed by atoms with van der Waals surface area (Å²) in [7, 11) is -3.48. The van der Waals surface area contributed by atoms with Crippen LogP contribution in [0, 0.1) is 11.7 Å². The number of fused-ring (bicyclic) bond motifs is 1. The second kappa shape index (κ2) is 4.92. The van der Waals surface area contributed by atoms with Crippen LogP contribution in [0.4, 0.5) is 10.1 Å². The van der Waals surface area contributed by atoms with Crippen LogP contribution in [0.1, 0.15) is 12.5 Å². The number of nitrogens with two attached hydrogens (primary N) is 2. The van der Waals surface area contributed by atoms with E-state index in [1.807, 2.05) is 0 Å². The molecule has 1 aromatic carbocycles. The van der Waals surface area contributed by atoms with Crippen LogP contribution in [0.15, 0.2) is 23.2 Å². The monoisotopic (exact) mass is 327 g/mol. The number of nitrogen functional groups attached to an aromatic ring is 1. The van der Waals surface area contributed by atoms with Crippen molar-refractivity contribution in [1.29, 1.82) is 0 Å². The summed E-state index contributed by atoms with van der Waals surface area (Å²) in [6.07, 6.45) is 0. The Bertz CT molecular complexity index is 750. The van der Waals surface area contributed by atoms with Gasteiger partial charge in [0.25, 0.3) is 0 Å². The van der Waals surface area contributed by atoms with E-state index in [1.54, 1.807) is 6.92 Å². The topological polar surface area (TPSA) is 108 Å². The molecule has 0 saturated carbocycles. The molecule has 0 radical (unpaired) electrons. The van der Waals surface area contributed by atoms with Crippen LogP contribution in [0.25, 0.3) is 0 Å². The lowest BCUT2D eigenvalue weighted by Gasteiger charge is -2.33. The van der Waals surface area contributed by atoms with E-state index in [0.717, 1.165) is 0 Å². The average molecular weight is 327 g/mol. The highest BCUT2D eigenvalue weighted by Gasteiger charge is 2.52. The van der Waals surface area contributed by atoms with Gasteiger partial charge in [-0.3, -0.25) is 4.99 Å². The summed E-state index contributed by atoms with van der Waals surface area (Å²) in [5, 5.41) is -0.747. The van der Waals surface area contributed by atoms with E-state index in [1.165, 1.54) is 18.2 Å². The second-order valence-electron chi connectivity index (χ2n) is 5.98. The minimum atomic E-state index is -3.48. The van der Waals surface area contributed by atoms with Crippen molar-refractivity contribution in [3.05, 3.63) is 29.6 Å². The van der Waals surface area contributed by atoms with Crippen LogP contribution >= 0.6 is 0 Å². The molecule has 0 unspecified atom stereocenters. The van der Waals surface area contributed by atoms with E-state index >= 15 is 0 Å². The van der Waals surface area contributed by atoms with Gasteiger partial charge < -0.3 is 16.2 Å². The van der Waals surface area contributed by atoms with E-state index in [-0.39, 0.29) is 30.4 Å². The predicted molar refractivity (Wildman–Crippen MR) is 81.7 cm³/mol. The number of amidine groups is 1. The maximum Gasteiger partial charge on any atom is 0.163 e. The third-order valence-electron chi connectivity index (χ3n) is 4.47. The Balaban J connectivity index is 2.22. The molecule has 0 aliphatic carbocycles. The maximum atomic E-state index is 14.4. The van der Waals surface area contributed by atoms with Gasteiger partial charge in [0.1, 0.15) is 17.4 Å². The number of anilines is 1. The van der Waals surface area contributed by atoms with Crippen molar-refractivity contribution in [3.63, 3.8) is 0 Å². The summed E-state index contributed by atoms with van der Waals surface area (Å²) in [4.78, 5) is 4.36. The maximum absolute atomic E-state index is 14.4. The molecule has 3 rings (SSSR count). The third-order valence-corrected chi connectivity index (χ3v) is 6.56. The van der Waals surface area contributed by atoms with Crippen molar-refractivity contribution < 1.29 is 17.5 Å². The van der Waals surface area contributed by atoms with Gasteiger partial charge in [-0.15, -0.1) is 0 Å². The number of halogens is 1. The zero-order valence-corrected chi connectivity index (χ0v) is 12.9. The molecule has 3 atom stereocenters. The first-order valence-corrected chi connectivity index (χ1v) is 8.64. The third kappa shape index (κ3) is 2.26. The molecule has 0 bridgehead atoms. The van der Waals surface area contributed by atoms with E-state index in [0.29, 0.717) is 5.69 Å². The highest BCUT2D eigenvalue weighted by Crippen LogP contribution is 2.44. The fourth-order valence-electron chi connectivity index (χ4n) is 3.33. The summed E-state index contributed by atoms with van der Waals surface area (Å²) >= 11 is 0. The number of sulfone groups is 1. The molecule has 2 heterocycles. The number of hydrogen-bond acceptors (Lipinski definition) is 6. The smallest absolute Gasteiger partial charge is 0.163 e. The summed E-state index contributed by atoms with van der Waals surface area (Å²) in [5.41, 5.74) is 11.0. The summed E-state index contributed by atoms with van der Waals surface area (Å²) < 4.78 is 44.5. The van der Waals surface area contributed by atoms with Gasteiger partial charge in [0.15, 0.2) is 9.84 Å². The van der Waals surface area contributed by atoms with Crippen LogP contribution in [-0.2, 0) is 20.1 Å². The van der Waals surface area contributed by atoms with Gasteiger partial charge in [0.05, 0.1) is 24.0 Å². The number of ether oxygens (including phenoxy) is 1. The van der Waals surface area contributed by atoms with Crippen molar-refractivity contribution >= 4 is 21.4 Å². The Labute approximate surface area is 128 Å². The SMILES string of the molecule is C[C@]1(c2cc(N)ccc2F)N=C(N)CS(=O)(=O)[C@H]2COC[C@@H]21. The molecule has 2 aliphatic rings. The Morgan fingerprint density at radius 1 is 1.36 bits per heavy atom. The molecule has 8 heteroatoms. The minimum absolute atomic E-state index is 0.0151. The van der Waals surface area contributed by atoms with E-state index in [9.17, 15) is 12.8 Å². The fourth-order valence-corrected chi connectivity index (χ4v) is 5.17. The lowest BCUT2D eigenvalue weighted by molar-refractivity contribution is 0.166. The first-order chi connectivity index (χ1) is 10.2.